The Morgan fingerprint density at radius 3 is 3.00 bits per heavy atom. The largest absolute Gasteiger partial charge is 0.484 e. The van der Waals surface area contributed by atoms with Crippen LogP contribution in [0.1, 0.15) is 17.5 Å². The average molecular weight is 274 g/mol. The maximum absolute atomic E-state index is 11.6. The number of amides is 1. The fourth-order valence-electron chi connectivity index (χ4n) is 1.78. The van der Waals surface area contributed by atoms with E-state index in [1.54, 1.807) is 12.5 Å². The number of para-hydroxylation sites is 1. The number of rotatable bonds is 7. The fourth-order valence-corrected chi connectivity index (χ4v) is 1.78. The molecule has 0 fully saturated rings. The Balaban J connectivity index is 1.62. The summed E-state index contributed by atoms with van der Waals surface area (Å²) in [5, 5.41) is 6.44. The van der Waals surface area contributed by atoms with E-state index in [9.17, 15) is 4.79 Å². The van der Waals surface area contributed by atoms with Crippen molar-refractivity contribution in [2.75, 3.05) is 13.2 Å². The SMILES string of the molecule is Cc1ccccc1OCC(=O)NCCCc1cnoc1. The number of carbonyl (C=O) groups is 1. The highest BCUT2D eigenvalue weighted by atomic mass is 16.5. The van der Waals surface area contributed by atoms with Gasteiger partial charge in [0.25, 0.3) is 5.91 Å². The molecule has 0 spiro atoms. The molecule has 0 aliphatic heterocycles. The zero-order valence-corrected chi connectivity index (χ0v) is 11.5. The van der Waals surface area contributed by atoms with E-state index < -0.39 is 0 Å². The summed E-state index contributed by atoms with van der Waals surface area (Å²) in [7, 11) is 0. The van der Waals surface area contributed by atoms with E-state index in [1.807, 2.05) is 31.2 Å². The maximum Gasteiger partial charge on any atom is 0.257 e. The number of aryl methyl sites for hydroxylation is 2. The third-order valence-electron chi connectivity index (χ3n) is 2.90. The van der Waals surface area contributed by atoms with Crippen molar-refractivity contribution in [2.24, 2.45) is 0 Å². The van der Waals surface area contributed by atoms with Gasteiger partial charge < -0.3 is 14.6 Å². The van der Waals surface area contributed by atoms with Gasteiger partial charge >= 0.3 is 0 Å². The molecule has 2 rings (SSSR count). The van der Waals surface area contributed by atoms with Crippen molar-refractivity contribution in [3.63, 3.8) is 0 Å². The predicted octanol–water partition coefficient (Wildman–Crippen LogP) is 2.11. The standard InChI is InChI=1S/C15H18N2O3/c1-12-5-2-3-7-14(12)19-11-15(18)16-8-4-6-13-9-17-20-10-13/h2-3,5,7,9-10H,4,6,8,11H2,1H3,(H,16,18). The summed E-state index contributed by atoms with van der Waals surface area (Å²) < 4.78 is 10.2. The first-order valence-electron chi connectivity index (χ1n) is 6.59. The molecule has 0 saturated heterocycles. The molecule has 5 heteroatoms. The lowest BCUT2D eigenvalue weighted by molar-refractivity contribution is -0.123. The van der Waals surface area contributed by atoms with E-state index in [1.165, 1.54) is 0 Å². The minimum atomic E-state index is -0.112. The summed E-state index contributed by atoms with van der Waals surface area (Å²) in [5.41, 5.74) is 2.06. The first-order valence-corrected chi connectivity index (χ1v) is 6.59. The summed E-state index contributed by atoms with van der Waals surface area (Å²) in [6.07, 6.45) is 4.98. The molecule has 5 nitrogen and oxygen atoms in total. The quantitative estimate of drug-likeness (QED) is 0.785. The number of carbonyl (C=O) groups excluding carboxylic acids is 1. The predicted molar refractivity (Wildman–Crippen MR) is 74.5 cm³/mol. The molecule has 1 aromatic heterocycles. The fraction of sp³-hybridized carbons (Fsp3) is 0.333. The molecule has 1 heterocycles. The molecular weight excluding hydrogens is 256 g/mol. The zero-order valence-electron chi connectivity index (χ0n) is 11.5. The molecule has 20 heavy (non-hydrogen) atoms. The van der Waals surface area contributed by atoms with Crippen LogP contribution in [-0.2, 0) is 11.2 Å². The van der Waals surface area contributed by atoms with E-state index in [0.717, 1.165) is 29.7 Å². The lowest BCUT2D eigenvalue weighted by Crippen LogP contribution is -2.30. The molecule has 0 saturated carbocycles. The molecule has 1 amide bonds. The molecule has 0 radical (unpaired) electrons. The molecule has 0 bridgehead atoms. The van der Waals surface area contributed by atoms with Crippen LogP contribution in [0, 0.1) is 6.92 Å². The summed E-state index contributed by atoms with van der Waals surface area (Å²) >= 11 is 0. The third kappa shape index (κ3) is 4.42. The molecule has 0 unspecified atom stereocenters. The van der Waals surface area contributed by atoms with Gasteiger partial charge in [0.1, 0.15) is 12.0 Å². The van der Waals surface area contributed by atoms with E-state index in [0.29, 0.717) is 6.54 Å². The number of nitrogens with one attached hydrogen (secondary N) is 1. The molecular formula is C15H18N2O3. The highest BCUT2D eigenvalue weighted by Gasteiger charge is 2.04. The summed E-state index contributed by atoms with van der Waals surface area (Å²) in [6.45, 7) is 2.60. The van der Waals surface area contributed by atoms with Crippen LogP contribution in [-0.4, -0.2) is 24.2 Å². The lowest BCUT2D eigenvalue weighted by Gasteiger charge is -2.09. The monoisotopic (exact) mass is 274 g/mol. The Labute approximate surface area is 117 Å². The molecule has 2 aromatic rings. The maximum atomic E-state index is 11.6. The number of nitrogens with zero attached hydrogens (tertiary/aromatic N) is 1. The minimum Gasteiger partial charge on any atom is -0.484 e. The molecule has 0 aliphatic carbocycles. The lowest BCUT2D eigenvalue weighted by atomic mass is 10.2. The summed E-state index contributed by atoms with van der Waals surface area (Å²) in [4.78, 5) is 11.6. The number of ether oxygens (including phenoxy) is 1. The van der Waals surface area contributed by atoms with Gasteiger partial charge in [-0.3, -0.25) is 4.79 Å². The van der Waals surface area contributed by atoms with Crippen molar-refractivity contribution in [2.45, 2.75) is 19.8 Å². The van der Waals surface area contributed by atoms with Crippen molar-refractivity contribution in [3.05, 3.63) is 47.9 Å². The summed E-state index contributed by atoms with van der Waals surface area (Å²) in [6, 6.07) is 7.63. The van der Waals surface area contributed by atoms with Gasteiger partial charge in [-0.25, -0.2) is 0 Å². The van der Waals surface area contributed by atoms with Crippen molar-refractivity contribution in [3.8, 4) is 5.75 Å². The molecule has 0 atom stereocenters. The van der Waals surface area contributed by atoms with Crippen LogP contribution in [0.2, 0.25) is 0 Å². The average Bonchev–Trinajstić information content (AvgIpc) is 2.96. The number of hydrogen-bond acceptors (Lipinski definition) is 4. The van der Waals surface area contributed by atoms with Crippen LogP contribution in [0.25, 0.3) is 0 Å². The highest BCUT2D eigenvalue weighted by Crippen LogP contribution is 2.15. The van der Waals surface area contributed by atoms with Crippen molar-refractivity contribution in [1.82, 2.24) is 10.5 Å². The van der Waals surface area contributed by atoms with Crippen LogP contribution in [0.4, 0.5) is 0 Å². The van der Waals surface area contributed by atoms with E-state index >= 15 is 0 Å². The topological polar surface area (TPSA) is 64.4 Å². The Morgan fingerprint density at radius 2 is 2.25 bits per heavy atom. The van der Waals surface area contributed by atoms with E-state index in [4.69, 9.17) is 9.26 Å². The first kappa shape index (κ1) is 14.1. The molecule has 0 aliphatic rings. The van der Waals surface area contributed by atoms with Gasteiger partial charge in [-0.15, -0.1) is 0 Å². The summed E-state index contributed by atoms with van der Waals surface area (Å²) in [5.74, 6) is 0.630. The van der Waals surface area contributed by atoms with Crippen molar-refractivity contribution in [1.29, 1.82) is 0 Å². The molecule has 1 N–H and O–H groups in total. The minimum absolute atomic E-state index is 0.0398. The van der Waals surface area contributed by atoms with Gasteiger partial charge in [0.2, 0.25) is 0 Å². The second-order valence-electron chi connectivity index (χ2n) is 4.54. The molecule has 106 valence electrons. The Morgan fingerprint density at radius 1 is 1.40 bits per heavy atom. The highest BCUT2D eigenvalue weighted by molar-refractivity contribution is 5.77. The van der Waals surface area contributed by atoms with Crippen LogP contribution in [0.5, 0.6) is 5.75 Å². The second kappa shape index (κ2) is 7.33. The molecule has 1 aromatic carbocycles. The van der Waals surface area contributed by atoms with E-state index in [-0.39, 0.29) is 12.5 Å². The van der Waals surface area contributed by atoms with Gasteiger partial charge in [-0.2, -0.15) is 0 Å². The van der Waals surface area contributed by atoms with Crippen LogP contribution in [0.3, 0.4) is 0 Å². The third-order valence-corrected chi connectivity index (χ3v) is 2.90. The number of aromatic nitrogens is 1. The Kier molecular flexibility index (Phi) is 5.17. The number of benzene rings is 1. The van der Waals surface area contributed by atoms with Crippen LogP contribution in [0.15, 0.2) is 41.2 Å². The first-order chi connectivity index (χ1) is 9.75. The van der Waals surface area contributed by atoms with Gasteiger partial charge in [0.05, 0.1) is 6.20 Å². The number of hydrogen-bond donors (Lipinski definition) is 1. The normalized spacial score (nSPS) is 10.2. The van der Waals surface area contributed by atoms with Crippen molar-refractivity contribution >= 4 is 5.91 Å². The Bertz CT molecular complexity index is 538. The van der Waals surface area contributed by atoms with Crippen LogP contribution >= 0.6 is 0 Å². The van der Waals surface area contributed by atoms with Gasteiger partial charge in [0.15, 0.2) is 6.61 Å². The smallest absolute Gasteiger partial charge is 0.257 e. The second-order valence-corrected chi connectivity index (χ2v) is 4.54. The van der Waals surface area contributed by atoms with E-state index in [2.05, 4.69) is 10.5 Å². The zero-order chi connectivity index (χ0) is 14.2. The van der Waals surface area contributed by atoms with Gasteiger partial charge in [0, 0.05) is 12.1 Å². The van der Waals surface area contributed by atoms with Crippen LogP contribution < -0.4 is 10.1 Å². The van der Waals surface area contributed by atoms with Crippen molar-refractivity contribution < 1.29 is 14.1 Å². The van der Waals surface area contributed by atoms with Gasteiger partial charge in [-0.05, 0) is 31.4 Å². The van der Waals surface area contributed by atoms with Gasteiger partial charge in [-0.1, -0.05) is 23.4 Å². The Hall–Kier alpha value is -2.30.